The van der Waals surface area contributed by atoms with E-state index in [1.807, 2.05) is 0 Å². The highest BCUT2D eigenvalue weighted by molar-refractivity contribution is 7.83. The zero-order valence-corrected chi connectivity index (χ0v) is 11.2. The number of aliphatic hydroxyl groups excluding tert-OH is 3. The molecule has 0 radical (unpaired) electrons. The quantitative estimate of drug-likeness (QED) is 0.257. The van der Waals surface area contributed by atoms with E-state index in [2.05, 4.69) is 13.5 Å². The van der Waals surface area contributed by atoms with E-state index in [0.29, 0.717) is 0 Å². The van der Waals surface area contributed by atoms with E-state index in [0.717, 1.165) is 0 Å². The van der Waals surface area contributed by atoms with Gasteiger partial charge in [0.15, 0.2) is 6.29 Å². The van der Waals surface area contributed by atoms with Gasteiger partial charge in [-0.1, -0.05) is 0 Å². The smallest absolute Gasteiger partial charge is 0.388 e. The van der Waals surface area contributed by atoms with Gasteiger partial charge in [0.2, 0.25) is 1.43 Å². The SMILES string of the molecule is [2H]OS(=O)(=O)N[C@H]1C(O)O[C@H](COS(=O)(=O)O)[C@H](O)[C@@H]1O. The van der Waals surface area contributed by atoms with Crippen LogP contribution in [0.2, 0.25) is 0 Å². The van der Waals surface area contributed by atoms with Gasteiger partial charge in [-0.3, -0.25) is 9.11 Å². The fourth-order valence-corrected chi connectivity index (χ4v) is 2.43. The summed E-state index contributed by atoms with van der Waals surface area (Å²) in [7, 11) is -9.46. The van der Waals surface area contributed by atoms with Crippen LogP contribution in [0.25, 0.3) is 1.43 Å². The normalized spacial score (nSPS) is 36.6. The molecule has 12 nitrogen and oxygen atoms in total. The first-order valence-electron chi connectivity index (χ1n) is 5.36. The van der Waals surface area contributed by atoms with E-state index in [-0.39, 0.29) is 0 Å². The molecule has 1 saturated heterocycles. The third kappa shape index (κ3) is 5.17. The fraction of sp³-hybridized carbons (Fsp3) is 1.00. The molecule has 120 valence electrons. The first-order chi connectivity index (χ1) is 9.47. The second-order valence-electron chi connectivity index (χ2n) is 3.86. The summed E-state index contributed by atoms with van der Waals surface area (Å²) in [5.41, 5.74) is 0. The minimum absolute atomic E-state index is 0.942. The Kier molecular flexibility index (Phi) is 4.90. The van der Waals surface area contributed by atoms with E-state index < -0.39 is 58.0 Å². The average Bonchev–Trinajstić information content (AvgIpc) is 2.36. The summed E-state index contributed by atoms with van der Waals surface area (Å²) in [5, 5.41) is 28.8. The van der Waals surface area contributed by atoms with E-state index >= 15 is 0 Å². The molecule has 1 fully saturated rings. The van der Waals surface area contributed by atoms with Gasteiger partial charge in [-0.05, 0) is 0 Å². The molecule has 1 rings (SSSR count). The molecule has 0 aromatic carbocycles. The molecule has 20 heavy (non-hydrogen) atoms. The molecule has 0 aliphatic carbocycles. The number of hydrogen-bond acceptors (Lipinski definition) is 10. The average molecular weight is 340 g/mol. The van der Waals surface area contributed by atoms with Gasteiger partial charge in [-0.15, -0.1) is 0 Å². The molecule has 0 saturated carbocycles. The largest absolute Gasteiger partial charge is 0.397 e. The van der Waals surface area contributed by atoms with Crippen molar-refractivity contribution in [1.29, 1.82) is 1.43 Å². The van der Waals surface area contributed by atoms with Crippen molar-refractivity contribution in [2.24, 2.45) is 0 Å². The van der Waals surface area contributed by atoms with Crippen molar-refractivity contribution in [2.45, 2.75) is 30.6 Å². The summed E-state index contributed by atoms with van der Waals surface area (Å²) in [4.78, 5) is 0. The molecule has 6 N–H and O–H groups in total. The molecule has 0 bridgehead atoms. The maximum Gasteiger partial charge on any atom is 0.397 e. The Morgan fingerprint density at radius 1 is 1.20 bits per heavy atom. The lowest BCUT2D eigenvalue weighted by Gasteiger charge is -2.39. The maximum atomic E-state index is 11.0. The molecule has 1 unspecified atom stereocenters. The zero-order valence-electron chi connectivity index (χ0n) is 10.6. The van der Waals surface area contributed by atoms with Gasteiger partial charge >= 0.3 is 20.7 Å². The predicted molar refractivity (Wildman–Crippen MR) is 58.9 cm³/mol. The Bertz CT molecular complexity index is 549. The van der Waals surface area contributed by atoms with E-state index in [1.165, 1.54) is 4.72 Å². The zero-order chi connectivity index (χ0) is 16.4. The molecule has 0 amide bonds. The van der Waals surface area contributed by atoms with Crippen LogP contribution in [0.15, 0.2) is 0 Å². The van der Waals surface area contributed by atoms with Gasteiger partial charge in [0.1, 0.15) is 24.4 Å². The second kappa shape index (κ2) is 6.14. The van der Waals surface area contributed by atoms with Crippen molar-refractivity contribution in [2.75, 3.05) is 6.61 Å². The van der Waals surface area contributed by atoms with Crippen LogP contribution >= 0.6 is 0 Å². The molecule has 5 atom stereocenters. The van der Waals surface area contributed by atoms with Crippen LogP contribution in [-0.4, -0.2) is 78.5 Å². The summed E-state index contributed by atoms with van der Waals surface area (Å²) in [5.74, 6) is 0. The monoisotopic (exact) mass is 340 g/mol. The van der Waals surface area contributed by atoms with Crippen molar-refractivity contribution >= 4 is 20.7 Å². The van der Waals surface area contributed by atoms with Gasteiger partial charge < -0.3 is 20.1 Å². The van der Waals surface area contributed by atoms with Crippen LogP contribution in [0.1, 0.15) is 0 Å². The van der Waals surface area contributed by atoms with Crippen molar-refractivity contribution < 1.29 is 50.2 Å². The lowest BCUT2D eigenvalue weighted by Crippen LogP contribution is -2.64. The topological polar surface area (TPSA) is 200 Å². The van der Waals surface area contributed by atoms with Crippen LogP contribution in [0, 0.1) is 0 Å². The summed E-state index contributed by atoms with van der Waals surface area (Å²) in [6, 6.07) is -1.78. The lowest BCUT2D eigenvalue weighted by atomic mass is 9.98. The van der Waals surface area contributed by atoms with E-state index in [1.54, 1.807) is 0 Å². The number of aliphatic hydroxyl groups is 3. The standard InChI is InChI=1S/C6H13NO11S2/c8-4-2(1-17-20(14,15)16)18-6(10)3(5(4)9)7-19(11,12)13/h2-10H,1H2,(H,11,12,13)(H,14,15,16)/t2-,3-,4+,5-,6?/m1/s1/i/hD. The summed E-state index contributed by atoms with van der Waals surface area (Å²) < 4.78 is 70.8. The number of hydrogen-bond donors (Lipinski definition) is 6. The van der Waals surface area contributed by atoms with Crippen LogP contribution in [0.4, 0.5) is 0 Å². The Labute approximate surface area is 115 Å². The van der Waals surface area contributed by atoms with Gasteiger partial charge in [0, 0.05) is 0 Å². The highest BCUT2D eigenvalue weighted by atomic mass is 32.3. The molecule has 0 aromatic heterocycles. The minimum atomic E-state index is -4.84. The molecular weight excluding hydrogens is 326 g/mol. The van der Waals surface area contributed by atoms with Crippen molar-refractivity contribution in [1.82, 2.24) is 4.72 Å². The minimum Gasteiger partial charge on any atom is -0.388 e. The highest BCUT2D eigenvalue weighted by Gasteiger charge is 2.45. The highest BCUT2D eigenvalue weighted by Crippen LogP contribution is 2.21. The molecular formula is C6H13NO11S2. The third-order valence-electron chi connectivity index (χ3n) is 2.38. The molecule has 1 aliphatic heterocycles. The molecule has 0 aromatic rings. The van der Waals surface area contributed by atoms with Gasteiger partial charge in [0.25, 0.3) is 0 Å². The summed E-state index contributed by atoms with van der Waals surface area (Å²) in [6.45, 7) is -0.942. The number of rotatable bonds is 6. The van der Waals surface area contributed by atoms with Gasteiger partial charge in [0.05, 0.1) is 6.61 Å². The Morgan fingerprint density at radius 2 is 1.80 bits per heavy atom. The van der Waals surface area contributed by atoms with Crippen molar-refractivity contribution in [3.8, 4) is 0 Å². The van der Waals surface area contributed by atoms with Crippen LogP contribution in [0.5, 0.6) is 0 Å². The Hall–Kier alpha value is -0.420. The number of nitrogens with one attached hydrogen (secondary N) is 1. The van der Waals surface area contributed by atoms with Crippen molar-refractivity contribution in [3.63, 3.8) is 0 Å². The van der Waals surface area contributed by atoms with Crippen LogP contribution < -0.4 is 4.72 Å². The first-order valence-corrected chi connectivity index (χ1v) is 7.73. The van der Waals surface area contributed by atoms with E-state index in [4.69, 9.17) is 5.98 Å². The van der Waals surface area contributed by atoms with E-state index in [9.17, 15) is 32.2 Å². The fourth-order valence-electron chi connectivity index (χ4n) is 1.53. The summed E-state index contributed by atoms with van der Waals surface area (Å²) in [6.07, 6.45) is -7.39. The molecule has 1 aliphatic rings. The Morgan fingerprint density at radius 3 is 2.30 bits per heavy atom. The predicted octanol–water partition coefficient (Wildman–Crippen LogP) is -3.99. The van der Waals surface area contributed by atoms with Crippen LogP contribution in [-0.2, 0) is 29.6 Å². The Balaban J connectivity index is 2.77. The molecule has 14 heteroatoms. The maximum absolute atomic E-state index is 11.0. The summed E-state index contributed by atoms with van der Waals surface area (Å²) >= 11 is 0. The lowest BCUT2D eigenvalue weighted by molar-refractivity contribution is -0.250. The van der Waals surface area contributed by atoms with Crippen LogP contribution in [0.3, 0.4) is 0 Å². The van der Waals surface area contributed by atoms with Gasteiger partial charge in [-0.25, -0.2) is 4.18 Å². The molecule has 1 heterocycles. The van der Waals surface area contributed by atoms with Crippen molar-refractivity contribution in [3.05, 3.63) is 0 Å². The molecule has 0 spiro atoms. The van der Waals surface area contributed by atoms with Gasteiger partial charge in [-0.2, -0.15) is 21.6 Å². The second-order valence-corrected chi connectivity index (χ2v) is 6.09. The number of ether oxygens (including phenoxy) is 1. The first kappa shape index (κ1) is 16.0. The third-order valence-corrected chi connectivity index (χ3v) is 3.38.